The minimum atomic E-state index is -1.42. The Morgan fingerprint density at radius 1 is 1.08 bits per heavy atom. The summed E-state index contributed by atoms with van der Waals surface area (Å²) in [6.07, 6.45) is -0.210. The zero-order valence-electron chi connectivity index (χ0n) is 19.6. The number of aliphatic hydroxyl groups is 1. The number of fused-ring (bicyclic) bond motifs is 1. The Morgan fingerprint density at radius 2 is 1.72 bits per heavy atom. The molecule has 0 spiro atoms. The molecule has 0 aliphatic carbocycles. The van der Waals surface area contributed by atoms with Gasteiger partial charge in [-0.3, -0.25) is 0 Å². The molecule has 10 heteroatoms. The summed E-state index contributed by atoms with van der Waals surface area (Å²) in [7, 11) is 0. The fraction of sp³-hybridized carbons (Fsp3) is 0.308. The molecule has 1 fully saturated rings. The maximum Gasteiger partial charge on any atom is 0.226 e. The van der Waals surface area contributed by atoms with Crippen LogP contribution in [0.3, 0.4) is 0 Å². The lowest BCUT2D eigenvalue weighted by molar-refractivity contribution is -0.114. The first-order valence-corrected chi connectivity index (χ1v) is 12.9. The van der Waals surface area contributed by atoms with Gasteiger partial charge < -0.3 is 29.6 Å². The van der Waals surface area contributed by atoms with Gasteiger partial charge in [-0.1, -0.05) is 60.7 Å². The zero-order chi connectivity index (χ0) is 25.3. The van der Waals surface area contributed by atoms with Crippen molar-refractivity contribution in [3.05, 3.63) is 86.8 Å². The van der Waals surface area contributed by atoms with E-state index in [2.05, 4.69) is 32.6 Å². The van der Waals surface area contributed by atoms with Crippen molar-refractivity contribution in [1.29, 1.82) is 0 Å². The summed E-state index contributed by atoms with van der Waals surface area (Å²) in [4.78, 5) is 8.45. The quantitative estimate of drug-likeness (QED) is 0.217. The number of rotatable bonds is 8. The molecule has 1 aliphatic heterocycles. The molecule has 0 saturated carbocycles. The molecule has 5 rings (SSSR count). The van der Waals surface area contributed by atoms with E-state index >= 15 is 0 Å². The van der Waals surface area contributed by atoms with Gasteiger partial charge in [-0.25, -0.2) is 4.98 Å². The number of nitrogen functional groups attached to an aromatic ring is 1. The summed E-state index contributed by atoms with van der Waals surface area (Å²) in [6.45, 7) is 2.67. The van der Waals surface area contributed by atoms with Crippen LogP contribution in [0.4, 0.5) is 5.82 Å². The Hall–Kier alpha value is -2.28. The predicted octanol–water partition coefficient (Wildman–Crippen LogP) is 4.72. The Bertz CT molecular complexity index is 1340. The van der Waals surface area contributed by atoms with Gasteiger partial charge in [0.05, 0.1) is 25.2 Å². The zero-order valence-corrected chi connectivity index (χ0v) is 22.5. The van der Waals surface area contributed by atoms with E-state index in [1.807, 2.05) is 66.9 Å². The normalized spacial score (nSPS) is 23.9. The van der Waals surface area contributed by atoms with Crippen molar-refractivity contribution in [1.82, 2.24) is 14.5 Å². The van der Waals surface area contributed by atoms with Gasteiger partial charge >= 0.3 is 0 Å². The minimum Gasteiger partial charge on any atom is -0.383 e. The third kappa shape index (κ3) is 5.09. The first-order valence-electron chi connectivity index (χ1n) is 11.5. The first kappa shape index (κ1) is 25.4. The fourth-order valence-electron chi connectivity index (χ4n) is 4.55. The van der Waals surface area contributed by atoms with Crippen LogP contribution < -0.4 is 5.73 Å². The van der Waals surface area contributed by atoms with Crippen molar-refractivity contribution in [3.8, 4) is 0 Å². The highest BCUT2D eigenvalue weighted by atomic mass is 127. The summed E-state index contributed by atoms with van der Waals surface area (Å²) in [6, 6.07) is 19.7. The molecule has 1 unspecified atom stereocenters. The molecule has 3 N–H and O–H groups in total. The maximum atomic E-state index is 11.8. The molecule has 188 valence electrons. The van der Waals surface area contributed by atoms with E-state index < -0.39 is 24.0 Å². The van der Waals surface area contributed by atoms with Crippen LogP contribution in [0.1, 0.15) is 24.3 Å². The van der Waals surface area contributed by atoms with Crippen molar-refractivity contribution in [3.63, 3.8) is 0 Å². The van der Waals surface area contributed by atoms with Crippen molar-refractivity contribution in [2.45, 2.75) is 44.2 Å². The van der Waals surface area contributed by atoms with E-state index in [1.165, 1.54) is 0 Å². The Morgan fingerprint density at radius 3 is 2.39 bits per heavy atom. The number of nitrogens with two attached hydrogens (primary N) is 1. The lowest BCUT2D eigenvalue weighted by Crippen LogP contribution is -2.46. The molecule has 2 aromatic heterocycles. The highest BCUT2D eigenvalue weighted by Gasteiger charge is 2.55. The van der Waals surface area contributed by atoms with Crippen LogP contribution in [0.2, 0.25) is 5.28 Å². The summed E-state index contributed by atoms with van der Waals surface area (Å²) in [5.74, 6) is 0.269. The molecule has 2 aromatic carbocycles. The van der Waals surface area contributed by atoms with Gasteiger partial charge in [0.15, 0.2) is 6.23 Å². The molecule has 36 heavy (non-hydrogen) atoms. The average molecular weight is 621 g/mol. The van der Waals surface area contributed by atoms with Crippen LogP contribution in [0.15, 0.2) is 66.9 Å². The molecule has 3 heterocycles. The van der Waals surface area contributed by atoms with Crippen LogP contribution in [-0.4, -0.2) is 44.1 Å². The second-order valence-corrected chi connectivity index (χ2v) is 10.4. The van der Waals surface area contributed by atoms with Gasteiger partial charge in [-0.05, 0) is 52.2 Å². The van der Waals surface area contributed by atoms with Gasteiger partial charge in [0.2, 0.25) is 5.28 Å². The Kier molecular flexibility index (Phi) is 7.47. The highest BCUT2D eigenvalue weighted by molar-refractivity contribution is 14.1. The molecule has 0 amide bonds. The molecular weight excluding hydrogens is 595 g/mol. The van der Waals surface area contributed by atoms with Crippen LogP contribution >= 0.6 is 34.2 Å². The number of nitrogens with zero attached hydrogens (tertiary/aromatic N) is 3. The SMILES string of the molecule is C[C@]1(O)C(n2cc(I)c3c(N)nc(Cl)nc32)O[C@H](COCc2ccccc2)[C@H]1OCc1ccccc1. The number of hydrogen-bond donors (Lipinski definition) is 2. The highest BCUT2D eigenvalue weighted by Crippen LogP contribution is 2.43. The van der Waals surface area contributed by atoms with E-state index in [0.717, 1.165) is 14.7 Å². The lowest BCUT2D eigenvalue weighted by Gasteiger charge is -2.30. The van der Waals surface area contributed by atoms with Gasteiger partial charge in [-0.15, -0.1) is 0 Å². The summed E-state index contributed by atoms with van der Waals surface area (Å²) in [5, 5.41) is 12.5. The molecule has 1 aliphatic rings. The smallest absolute Gasteiger partial charge is 0.226 e. The van der Waals surface area contributed by atoms with E-state index in [0.29, 0.717) is 24.2 Å². The van der Waals surface area contributed by atoms with Crippen LogP contribution in [0.25, 0.3) is 11.0 Å². The second kappa shape index (κ2) is 10.6. The topological polar surface area (TPSA) is 105 Å². The monoisotopic (exact) mass is 620 g/mol. The van der Waals surface area contributed by atoms with Crippen molar-refractivity contribution in [2.75, 3.05) is 12.3 Å². The molecule has 4 atom stereocenters. The van der Waals surface area contributed by atoms with Crippen molar-refractivity contribution >= 4 is 51.0 Å². The van der Waals surface area contributed by atoms with E-state index in [9.17, 15) is 5.11 Å². The summed E-state index contributed by atoms with van der Waals surface area (Å²) < 4.78 is 21.3. The molecular formula is C26H26ClIN4O4. The third-order valence-electron chi connectivity index (χ3n) is 6.26. The van der Waals surface area contributed by atoms with Crippen LogP contribution in [0.5, 0.6) is 0 Å². The number of ether oxygens (including phenoxy) is 3. The number of halogens is 2. The van der Waals surface area contributed by atoms with Crippen LogP contribution in [0, 0.1) is 3.57 Å². The number of aromatic nitrogens is 3. The lowest BCUT2D eigenvalue weighted by atomic mass is 9.96. The largest absolute Gasteiger partial charge is 0.383 e. The van der Waals surface area contributed by atoms with E-state index in [1.54, 1.807) is 11.5 Å². The minimum absolute atomic E-state index is 0.0213. The van der Waals surface area contributed by atoms with Gasteiger partial charge in [0.1, 0.15) is 29.3 Å². The van der Waals surface area contributed by atoms with Crippen molar-refractivity contribution in [2.24, 2.45) is 0 Å². The predicted molar refractivity (Wildman–Crippen MR) is 145 cm³/mol. The van der Waals surface area contributed by atoms with E-state index in [-0.39, 0.29) is 17.7 Å². The molecule has 1 saturated heterocycles. The molecule has 0 radical (unpaired) electrons. The maximum absolute atomic E-state index is 11.8. The molecule has 0 bridgehead atoms. The van der Waals surface area contributed by atoms with Gasteiger partial charge in [0.25, 0.3) is 0 Å². The van der Waals surface area contributed by atoms with Crippen molar-refractivity contribution < 1.29 is 19.3 Å². The molecule has 4 aromatic rings. The van der Waals surface area contributed by atoms with Gasteiger partial charge in [-0.2, -0.15) is 4.98 Å². The van der Waals surface area contributed by atoms with Gasteiger partial charge in [0, 0.05) is 9.77 Å². The number of hydrogen-bond acceptors (Lipinski definition) is 7. The fourth-order valence-corrected chi connectivity index (χ4v) is 5.54. The number of benzene rings is 2. The first-order chi connectivity index (χ1) is 17.3. The number of anilines is 1. The van der Waals surface area contributed by atoms with Crippen LogP contribution in [-0.2, 0) is 27.4 Å². The third-order valence-corrected chi connectivity index (χ3v) is 7.25. The Balaban J connectivity index is 1.44. The summed E-state index contributed by atoms with van der Waals surface area (Å²) >= 11 is 8.28. The standard InChI is InChI=1S/C26H26ClIN4O4/c1-26(33)21(35-14-17-10-6-3-7-11-17)19(15-34-13-16-8-4-2-5-9-16)36-24(26)32-12-18(28)20-22(29)30-25(27)31-23(20)32/h2-12,19,21,24,33H,13-15H2,1H3,(H2,29,30,31)/t19-,21-,24?,26-/m1/s1. The second-order valence-electron chi connectivity index (χ2n) is 8.93. The summed E-state index contributed by atoms with van der Waals surface area (Å²) in [5.41, 5.74) is 7.23. The molecule has 8 nitrogen and oxygen atoms in total. The average Bonchev–Trinajstić information content (AvgIpc) is 3.31. The Labute approximate surface area is 227 Å². The van der Waals surface area contributed by atoms with E-state index in [4.69, 9.17) is 31.5 Å².